The predicted molar refractivity (Wildman–Crippen MR) is 136 cm³/mol. The van der Waals surface area contributed by atoms with E-state index in [0.29, 0.717) is 32.9 Å². The van der Waals surface area contributed by atoms with E-state index in [1.807, 2.05) is 69.3 Å². The highest BCUT2D eigenvalue weighted by atomic mass is 32.2. The van der Waals surface area contributed by atoms with E-state index in [9.17, 15) is 9.00 Å². The highest BCUT2D eigenvalue weighted by molar-refractivity contribution is 7.75. The van der Waals surface area contributed by atoms with Gasteiger partial charge in [-0.05, 0) is 62.6 Å². The lowest BCUT2D eigenvalue weighted by Crippen LogP contribution is -2.44. The number of carbonyl (C=O) groups excluding carboxylic acids is 1. The summed E-state index contributed by atoms with van der Waals surface area (Å²) in [6.45, 7) is 8.24. The first-order chi connectivity index (χ1) is 17.2. The zero-order chi connectivity index (χ0) is 25.5. The number of piperidine rings is 1. The van der Waals surface area contributed by atoms with Gasteiger partial charge in [0.1, 0.15) is 29.8 Å². The second kappa shape index (κ2) is 12.1. The van der Waals surface area contributed by atoms with Gasteiger partial charge in [-0.25, -0.2) is 4.79 Å². The number of amides is 1. The molecule has 2 fully saturated rings. The molecule has 4 rings (SSSR count). The Morgan fingerprint density at radius 1 is 0.944 bits per heavy atom. The highest BCUT2D eigenvalue weighted by Gasteiger charge is 2.27. The van der Waals surface area contributed by atoms with Crippen LogP contribution in [-0.2, 0) is 37.5 Å². The van der Waals surface area contributed by atoms with Crippen molar-refractivity contribution in [2.24, 2.45) is 5.92 Å². The van der Waals surface area contributed by atoms with Gasteiger partial charge in [0, 0.05) is 31.8 Å². The Morgan fingerprint density at radius 3 is 2.14 bits per heavy atom. The standard InChI is InChI=1S/C27H35NO7S/c1-27(2,3)35-26(29)28-14-12-25(13-15-28)34-24-10-6-21(7-11-24)17-31-23-8-4-20(5-9-23)16-22-18-32-36(30)33-19-22/h4-11,22,25H,12-19H2,1-3H3. The molecule has 1 amide bonds. The van der Waals surface area contributed by atoms with Crippen molar-refractivity contribution >= 4 is 17.5 Å². The molecule has 2 heterocycles. The van der Waals surface area contributed by atoms with Crippen molar-refractivity contribution < 1.29 is 31.6 Å². The van der Waals surface area contributed by atoms with Crippen LogP contribution in [0.2, 0.25) is 0 Å². The first-order valence-corrected chi connectivity index (χ1v) is 13.4. The normalized spacial score (nSPS) is 21.1. The molecule has 0 unspecified atom stereocenters. The number of ether oxygens (including phenoxy) is 3. The monoisotopic (exact) mass is 517 g/mol. The van der Waals surface area contributed by atoms with E-state index in [0.717, 1.165) is 41.9 Å². The Bertz CT molecular complexity index is 1000. The van der Waals surface area contributed by atoms with Gasteiger partial charge in [-0.15, -0.1) is 0 Å². The fraction of sp³-hybridized carbons (Fsp3) is 0.519. The van der Waals surface area contributed by atoms with Crippen LogP contribution >= 0.6 is 0 Å². The first-order valence-electron chi connectivity index (χ1n) is 12.4. The van der Waals surface area contributed by atoms with Gasteiger partial charge in [0.2, 0.25) is 0 Å². The van der Waals surface area contributed by atoms with Crippen LogP contribution in [0, 0.1) is 5.92 Å². The van der Waals surface area contributed by atoms with Crippen molar-refractivity contribution in [1.82, 2.24) is 4.90 Å². The van der Waals surface area contributed by atoms with Crippen LogP contribution < -0.4 is 9.47 Å². The number of likely N-dealkylation sites (tertiary alicyclic amines) is 1. The van der Waals surface area contributed by atoms with Crippen LogP contribution in [0.25, 0.3) is 0 Å². The molecule has 0 radical (unpaired) electrons. The second-order valence-electron chi connectivity index (χ2n) is 10.2. The smallest absolute Gasteiger partial charge is 0.410 e. The SMILES string of the molecule is CC(C)(C)OC(=O)N1CCC(Oc2ccc(COc3ccc(CC4COS(=O)OC4)cc3)cc2)CC1. The number of hydrogen-bond donors (Lipinski definition) is 0. The summed E-state index contributed by atoms with van der Waals surface area (Å²) < 4.78 is 38.7. The van der Waals surface area contributed by atoms with Crippen molar-refractivity contribution in [2.75, 3.05) is 26.3 Å². The van der Waals surface area contributed by atoms with Crippen LogP contribution in [-0.4, -0.2) is 53.2 Å². The van der Waals surface area contributed by atoms with Gasteiger partial charge in [0.05, 0.1) is 13.2 Å². The topological polar surface area (TPSA) is 83.5 Å². The van der Waals surface area contributed by atoms with Crippen molar-refractivity contribution in [3.8, 4) is 11.5 Å². The fourth-order valence-electron chi connectivity index (χ4n) is 4.06. The van der Waals surface area contributed by atoms with Gasteiger partial charge in [-0.3, -0.25) is 8.37 Å². The van der Waals surface area contributed by atoms with Gasteiger partial charge in [-0.1, -0.05) is 24.3 Å². The van der Waals surface area contributed by atoms with Crippen LogP contribution in [0.3, 0.4) is 0 Å². The summed E-state index contributed by atoms with van der Waals surface area (Å²) in [4.78, 5) is 14.0. The summed E-state index contributed by atoms with van der Waals surface area (Å²) in [5.41, 5.74) is 1.73. The third kappa shape index (κ3) is 8.21. The van der Waals surface area contributed by atoms with Crippen molar-refractivity contribution in [2.45, 2.75) is 58.3 Å². The van der Waals surface area contributed by atoms with E-state index in [-0.39, 0.29) is 18.1 Å². The molecule has 196 valence electrons. The number of carbonyl (C=O) groups is 1. The molecule has 0 aliphatic carbocycles. The maximum absolute atomic E-state index is 12.2. The highest BCUT2D eigenvalue weighted by Crippen LogP contribution is 2.23. The second-order valence-corrected chi connectivity index (χ2v) is 11.1. The molecule has 0 saturated carbocycles. The molecule has 2 saturated heterocycles. The van der Waals surface area contributed by atoms with E-state index in [1.165, 1.54) is 0 Å². The van der Waals surface area contributed by atoms with Crippen molar-refractivity contribution in [3.63, 3.8) is 0 Å². The summed E-state index contributed by atoms with van der Waals surface area (Å²) in [6.07, 6.45) is 2.19. The first kappa shape index (κ1) is 26.4. The minimum absolute atomic E-state index is 0.0817. The van der Waals surface area contributed by atoms with Crippen LogP contribution in [0.5, 0.6) is 11.5 Å². The molecule has 0 aromatic heterocycles. The lowest BCUT2D eigenvalue weighted by atomic mass is 10.0. The lowest BCUT2D eigenvalue weighted by Gasteiger charge is -2.33. The number of rotatable bonds is 7. The average molecular weight is 518 g/mol. The maximum Gasteiger partial charge on any atom is 0.410 e. The van der Waals surface area contributed by atoms with Gasteiger partial charge < -0.3 is 19.1 Å². The number of benzene rings is 2. The van der Waals surface area contributed by atoms with Crippen LogP contribution in [0.4, 0.5) is 4.79 Å². The maximum atomic E-state index is 12.2. The molecule has 0 atom stereocenters. The summed E-state index contributed by atoms with van der Waals surface area (Å²) in [5, 5.41) is 0. The quantitative estimate of drug-likeness (QED) is 0.520. The molecule has 0 bridgehead atoms. The molecule has 2 aliphatic heterocycles. The molecule has 36 heavy (non-hydrogen) atoms. The molecule has 2 aliphatic rings. The zero-order valence-electron chi connectivity index (χ0n) is 21.1. The molecule has 0 spiro atoms. The Morgan fingerprint density at radius 2 is 1.53 bits per heavy atom. The molecule has 9 heteroatoms. The van der Waals surface area contributed by atoms with Crippen LogP contribution in [0.1, 0.15) is 44.7 Å². The largest absolute Gasteiger partial charge is 0.490 e. The van der Waals surface area contributed by atoms with E-state index in [4.69, 9.17) is 22.6 Å². The van der Waals surface area contributed by atoms with E-state index < -0.39 is 17.0 Å². The lowest BCUT2D eigenvalue weighted by molar-refractivity contribution is 0.0126. The van der Waals surface area contributed by atoms with Gasteiger partial charge >= 0.3 is 17.5 Å². The third-order valence-electron chi connectivity index (χ3n) is 5.97. The van der Waals surface area contributed by atoms with Gasteiger partial charge in [0.25, 0.3) is 0 Å². The predicted octanol–water partition coefficient (Wildman–Crippen LogP) is 4.83. The minimum atomic E-state index is -1.60. The minimum Gasteiger partial charge on any atom is -0.490 e. The molecular weight excluding hydrogens is 482 g/mol. The summed E-state index contributed by atoms with van der Waals surface area (Å²) in [7, 11) is 0. The number of nitrogens with zero attached hydrogens (tertiary/aromatic N) is 1. The van der Waals surface area contributed by atoms with Crippen LogP contribution in [0.15, 0.2) is 48.5 Å². The van der Waals surface area contributed by atoms with E-state index in [1.54, 1.807) is 4.90 Å². The van der Waals surface area contributed by atoms with Gasteiger partial charge in [0.15, 0.2) is 0 Å². The Kier molecular flexibility index (Phi) is 8.87. The average Bonchev–Trinajstić information content (AvgIpc) is 2.85. The molecule has 0 N–H and O–H groups in total. The fourth-order valence-corrected chi connectivity index (χ4v) is 4.74. The molecule has 2 aromatic rings. The molecule has 8 nitrogen and oxygen atoms in total. The Labute approximate surface area is 215 Å². The summed E-state index contributed by atoms with van der Waals surface area (Å²) in [5.74, 6) is 1.82. The number of hydrogen-bond acceptors (Lipinski definition) is 7. The molecule has 2 aromatic carbocycles. The van der Waals surface area contributed by atoms with Crippen molar-refractivity contribution in [1.29, 1.82) is 0 Å². The Hall–Kier alpha value is -2.62. The molecular formula is C27H35NO7S. The van der Waals surface area contributed by atoms with E-state index >= 15 is 0 Å². The Balaban J connectivity index is 1.18. The van der Waals surface area contributed by atoms with Gasteiger partial charge in [-0.2, -0.15) is 4.21 Å². The third-order valence-corrected chi connectivity index (χ3v) is 6.63. The van der Waals surface area contributed by atoms with Crippen molar-refractivity contribution in [3.05, 3.63) is 59.7 Å². The summed E-state index contributed by atoms with van der Waals surface area (Å²) >= 11 is -1.60. The van der Waals surface area contributed by atoms with E-state index in [2.05, 4.69) is 0 Å². The summed E-state index contributed by atoms with van der Waals surface area (Å²) in [6, 6.07) is 15.9. The zero-order valence-corrected chi connectivity index (χ0v) is 22.0.